The third-order valence-electron chi connectivity index (χ3n) is 4.12. The average molecular weight is 437 g/mol. The number of nitrogens with one attached hydrogen (secondary N) is 1. The molecule has 0 saturated carbocycles. The summed E-state index contributed by atoms with van der Waals surface area (Å²) in [7, 11) is 0. The Morgan fingerprint density at radius 1 is 1.14 bits per heavy atom. The van der Waals surface area contributed by atoms with Gasteiger partial charge < -0.3 is 15.2 Å². The van der Waals surface area contributed by atoms with Gasteiger partial charge in [0.15, 0.2) is 0 Å². The number of aromatic nitrogens is 3. The van der Waals surface area contributed by atoms with Crippen LogP contribution in [0.3, 0.4) is 0 Å². The van der Waals surface area contributed by atoms with Gasteiger partial charge >= 0.3 is 6.61 Å². The third kappa shape index (κ3) is 4.64. The molecule has 0 aliphatic carbocycles. The van der Waals surface area contributed by atoms with Gasteiger partial charge in [-0.05, 0) is 29.8 Å². The number of fused-ring (bicyclic) bond motifs is 1. The van der Waals surface area contributed by atoms with Crippen LogP contribution in [0.25, 0.3) is 16.2 Å². The quantitative estimate of drug-likeness (QED) is 0.433. The normalized spacial score (nSPS) is 12.4. The van der Waals surface area contributed by atoms with Crippen molar-refractivity contribution in [2.45, 2.75) is 12.7 Å². The maximum atomic E-state index is 12.2. The van der Waals surface area contributed by atoms with E-state index in [1.807, 2.05) is 18.3 Å². The number of imidazole rings is 1. The molecule has 4 aromatic rings. The predicted molar refractivity (Wildman–Crippen MR) is 108 cm³/mol. The van der Waals surface area contributed by atoms with E-state index in [1.165, 1.54) is 35.6 Å². The Labute approximate surface area is 173 Å². The number of halogens is 3. The Bertz CT molecular complexity index is 1070. The molecule has 0 radical (unpaired) electrons. The number of anilines is 1. The molecule has 0 aliphatic heterocycles. The minimum Gasteiger partial charge on any atom is -0.435 e. The van der Waals surface area contributed by atoms with Crippen LogP contribution in [-0.4, -0.2) is 32.9 Å². The summed E-state index contributed by atoms with van der Waals surface area (Å²) in [4.78, 5) is 5.26. The summed E-state index contributed by atoms with van der Waals surface area (Å²) in [6.07, 6.45) is 0.981. The van der Waals surface area contributed by atoms with E-state index in [-0.39, 0.29) is 12.3 Å². The summed E-state index contributed by atoms with van der Waals surface area (Å²) in [5.41, 5.74) is 2.31. The highest BCUT2D eigenvalue weighted by molar-refractivity contribution is 7.20. The molecule has 10 heteroatoms. The smallest absolute Gasteiger partial charge is 0.387 e. The van der Waals surface area contributed by atoms with Crippen LogP contribution in [0, 0.1) is 0 Å². The van der Waals surface area contributed by atoms with Gasteiger partial charge in [0.1, 0.15) is 5.75 Å². The van der Waals surface area contributed by atoms with Crippen LogP contribution >= 0.6 is 22.9 Å². The number of hydrogen-bond acceptors (Lipinski definition) is 6. The van der Waals surface area contributed by atoms with Crippen molar-refractivity contribution in [3.05, 3.63) is 65.3 Å². The number of aliphatic hydroxyl groups is 1. The lowest BCUT2D eigenvalue weighted by Gasteiger charge is -2.12. The van der Waals surface area contributed by atoms with Gasteiger partial charge in [-0.3, -0.25) is 0 Å². The lowest BCUT2D eigenvalue weighted by molar-refractivity contribution is -0.0498. The molecule has 1 unspecified atom stereocenters. The van der Waals surface area contributed by atoms with Crippen LogP contribution in [0.2, 0.25) is 5.02 Å². The Kier molecular flexibility index (Phi) is 5.61. The van der Waals surface area contributed by atoms with Crippen molar-refractivity contribution in [3.63, 3.8) is 0 Å². The van der Waals surface area contributed by atoms with E-state index >= 15 is 0 Å². The first-order valence-electron chi connectivity index (χ1n) is 8.57. The Hall–Kier alpha value is -2.75. The van der Waals surface area contributed by atoms with E-state index in [0.29, 0.717) is 20.7 Å². The highest BCUT2D eigenvalue weighted by Gasteiger charge is 2.13. The summed E-state index contributed by atoms with van der Waals surface area (Å²) >= 11 is 7.26. The van der Waals surface area contributed by atoms with Gasteiger partial charge in [0.05, 0.1) is 18.0 Å². The lowest BCUT2D eigenvalue weighted by atomic mass is 10.1. The number of rotatable bonds is 7. The van der Waals surface area contributed by atoms with E-state index < -0.39 is 12.7 Å². The van der Waals surface area contributed by atoms with Crippen LogP contribution in [0.4, 0.5) is 13.9 Å². The minimum atomic E-state index is -2.88. The molecule has 1 atom stereocenters. The molecule has 0 fully saturated rings. The van der Waals surface area contributed by atoms with Crippen LogP contribution < -0.4 is 10.1 Å². The van der Waals surface area contributed by atoms with Gasteiger partial charge in [0.2, 0.25) is 10.1 Å². The summed E-state index contributed by atoms with van der Waals surface area (Å²) < 4.78 is 30.3. The third-order valence-corrected chi connectivity index (χ3v) is 5.25. The van der Waals surface area contributed by atoms with E-state index in [1.54, 1.807) is 16.6 Å². The maximum Gasteiger partial charge on any atom is 0.387 e. The van der Waals surface area contributed by atoms with Crippen LogP contribution in [-0.2, 0) is 0 Å². The zero-order chi connectivity index (χ0) is 20.4. The van der Waals surface area contributed by atoms with E-state index in [9.17, 15) is 13.9 Å². The van der Waals surface area contributed by atoms with Crippen molar-refractivity contribution in [1.82, 2.24) is 14.6 Å². The van der Waals surface area contributed by atoms with Gasteiger partial charge in [-0.25, -0.2) is 9.50 Å². The van der Waals surface area contributed by atoms with E-state index in [0.717, 1.165) is 11.3 Å². The molecule has 2 aromatic carbocycles. The first kappa shape index (κ1) is 19.6. The largest absolute Gasteiger partial charge is 0.435 e. The second-order valence-electron chi connectivity index (χ2n) is 6.11. The fraction of sp³-hybridized carbons (Fsp3) is 0.158. The highest BCUT2D eigenvalue weighted by atomic mass is 35.5. The van der Waals surface area contributed by atoms with Crippen molar-refractivity contribution >= 4 is 33.0 Å². The Morgan fingerprint density at radius 2 is 1.86 bits per heavy atom. The van der Waals surface area contributed by atoms with Gasteiger partial charge in [-0.15, -0.1) is 5.10 Å². The molecule has 4 rings (SSSR count). The molecular formula is C19H15ClF2N4O2S. The number of benzene rings is 2. The van der Waals surface area contributed by atoms with Crippen molar-refractivity contribution in [1.29, 1.82) is 0 Å². The highest BCUT2D eigenvalue weighted by Crippen LogP contribution is 2.26. The predicted octanol–water partition coefficient (Wildman–Crippen LogP) is 4.86. The fourth-order valence-electron chi connectivity index (χ4n) is 2.70. The molecule has 0 saturated heterocycles. The molecule has 2 N–H and O–H groups in total. The summed E-state index contributed by atoms with van der Waals surface area (Å²) in [6.45, 7) is -2.67. The number of alkyl halides is 2. The molecule has 0 amide bonds. The fourth-order valence-corrected chi connectivity index (χ4v) is 3.62. The molecule has 0 aliphatic rings. The molecule has 0 bridgehead atoms. The zero-order valence-electron chi connectivity index (χ0n) is 14.8. The first-order chi connectivity index (χ1) is 14.0. The number of hydrogen-bond donors (Lipinski definition) is 2. The summed E-state index contributed by atoms with van der Waals surface area (Å²) in [6, 6.07) is 13.2. The summed E-state index contributed by atoms with van der Waals surface area (Å²) in [5, 5.41) is 19.0. The molecule has 2 aromatic heterocycles. The molecule has 0 spiro atoms. The van der Waals surface area contributed by atoms with Crippen molar-refractivity contribution in [2.24, 2.45) is 0 Å². The van der Waals surface area contributed by atoms with Crippen LogP contribution in [0.5, 0.6) is 5.75 Å². The Balaban J connectivity index is 1.39. The van der Waals surface area contributed by atoms with Crippen LogP contribution in [0.15, 0.2) is 54.7 Å². The van der Waals surface area contributed by atoms with Gasteiger partial charge in [0, 0.05) is 17.1 Å². The number of nitrogens with zero attached hydrogens (tertiary/aromatic N) is 3. The SMILES string of the molecule is OC(CNc1nn2cc(-c3ccc(Cl)cc3)nc2s1)c1ccc(OC(F)F)cc1. The molecule has 150 valence electrons. The second kappa shape index (κ2) is 8.32. The van der Waals surface area contributed by atoms with Crippen molar-refractivity contribution in [3.8, 4) is 17.0 Å². The monoisotopic (exact) mass is 436 g/mol. The molecule has 2 heterocycles. The average Bonchev–Trinajstić information content (AvgIpc) is 3.25. The van der Waals surface area contributed by atoms with E-state index in [4.69, 9.17) is 11.6 Å². The maximum absolute atomic E-state index is 12.2. The molecular weight excluding hydrogens is 422 g/mol. The van der Waals surface area contributed by atoms with Gasteiger partial charge in [0.25, 0.3) is 0 Å². The number of aliphatic hydroxyl groups excluding tert-OH is 1. The molecule has 6 nitrogen and oxygen atoms in total. The summed E-state index contributed by atoms with van der Waals surface area (Å²) in [5.74, 6) is 0.0431. The lowest BCUT2D eigenvalue weighted by Crippen LogP contribution is -2.12. The number of ether oxygens (including phenoxy) is 1. The second-order valence-corrected chi connectivity index (χ2v) is 7.50. The zero-order valence-corrected chi connectivity index (χ0v) is 16.4. The van der Waals surface area contributed by atoms with Crippen molar-refractivity contribution in [2.75, 3.05) is 11.9 Å². The van der Waals surface area contributed by atoms with Crippen molar-refractivity contribution < 1.29 is 18.6 Å². The standard InChI is InChI=1S/C19H15ClF2N4O2S/c20-13-5-1-11(2-6-13)15-10-26-19(24-15)29-18(25-26)23-9-16(27)12-3-7-14(8-4-12)28-17(21)22/h1-8,10,16-17,27H,9H2,(H,23,25). The van der Waals surface area contributed by atoms with Gasteiger partial charge in [-0.1, -0.05) is 47.2 Å². The Morgan fingerprint density at radius 3 is 2.52 bits per heavy atom. The topological polar surface area (TPSA) is 71.7 Å². The molecule has 29 heavy (non-hydrogen) atoms. The van der Waals surface area contributed by atoms with Crippen LogP contribution in [0.1, 0.15) is 11.7 Å². The van der Waals surface area contributed by atoms with Gasteiger partial charge in [-0.2, -0.15) is 8.78 Å². The first-order valence-corrected chi connectivity index (χ1v) is 9.76. The minimum absolute atomic E-state index is 0.0431. The van der Waals surface area contributed by atoms with E-state index in [2.05, 4.69) is 20.1 Å².